The van der Waals surface area contributed by atoms with Crippen LogP contribution in [0.4, 0.5) is 0 Å². The van der Waals surface area contributed by atoms with E-state index in [0.717, 1.165) is 6.61 Å². The summed E-state index contributed by atoms with van der Waals surface area (Å²) in [5.41, 5.74) is 5.07. The van der Waals surface area contributed by atoms with Crippen LogP contribution >= 0.6 is 0 Å². The van der Waals surface area contributed by atoms with Crippen LogP contribution in [0.3, 0.4) is 0 Å². The topological polar surface area (TPSA) is 64.4 Å². The Bertz CT molecular complexity index is 216. The van der Waals surface area contributed by atoms with Gasteiger partial charge in [-0.1, -0.05) is 13.8 Å². The van der Waals surface area contributed by atoms with E-state index < -0.39 is 5.54 Å². The first-order chi connectivity index (χ1) is 6.47. The minimum absolute atomic E-state index is 0.0812. The van der Waals surface area contributed by atoms with E-state index in [1.54, 1.807) is 6.92 Å². The first kappa shape index (κ1) is 11.5. The molecule has 1 amide bonds. The Hall–Kier alpha value is -0.610. The van der Waals surface area contributed by atoms with Crippen molar-refractivity contribution in [2.45, 2.75) is 38.8 Å². The number of carbonyl (C=O) groups excluding carboxylic acids is 1. The summed E-state index contributed by atoms with van der Waals surface area (Å²) >= 11 is 0. The standard InChI is InChI=1S/C10H20N2O2/c1-4-10(3,11)9(13)12-8-6-14-5-7(8)2/h7-8H,4-6,11H2,1-3H3,(H,12,13). The van der Waals surface area contributed by atoms with E-state index in [1.165, 1.54) is 0 Å². The molecule has 3 N–H and O–H groups in total. The van der Waals surface area contributed by atoms with Crippen LogP contribution in [0.5, 0.6) is 0 Å². The van der Waals surface area contributed by atoms with Crippen LogP contribution < -0.4 is 11.1 Å². The van der Waals surface area contributed by atoms with E-state index in [4.69, 9.17) is 10.5 Å². The smallest absolute Gasteiger partial charge is 0.240 e. The van der Waals surface area contributed by atoms with Crippen molar-refractivity contribution in [1.29, 1.82) is 0 Å². The third-order valence-corrected chi connectivity index (χ3v) is 2.93. The van der Waals surface area contributed by atoms with Gasteiger partial charge in [-0.05, 0) is 13.3 Å². The van der Waals surface area contributed by atoms with Crippen molar-refractivity contribution in [3.63, 3.8) is 0 Å². The predicted molar refractivity (Wildman–Crippen MR) is 54.8 cm³/mol. The Labute approximate surface area is 85.2 Å². The van der Waals surface area contributed by atoms with Crippen LogP contribution in [0.1, 0.15) is 27.2 Å². The Morgan fingerprint density at radius 1 is 1.64 bits per heavy atom. The second-order valence-electron chi connectivity index (χ2n) is 4.37. The molecule has 1 saturated heterocycles. The highest BCUT2D eigenvalue weighted by Crippen LogP contribution is 2.14. The lowest BCUT2D eigenvalue weighted by Gasteiger charge is -2.25. The lowest BCUT2D eigenvalue weighted by Crippen LogP contribution is -2.54. The fourth-order valence-electron chi connectivity index (χ4n) is 1.34. The lowest BCUT2D eigenvalue weighted by molar-refractivity contribution is -0.126. The molecule has 1 aliphatic heterocycles. The molecule has 0 aliphatic carbocycles. The van der Waals surface area contributed by atoms with Gasteiger partial charge in [-0.15, -0.1) is 0 Å². The number of nitrogens with one attached hydrogen (secondary N) is 1. The van der Waals surface area contributed by atoms with Crippen molar-refractivity contribution < 1.29 is 9.53 Å². The minimum atomic E-state index is -0.762. The molecule has 1 aliphatic rings. The maximum atomic E-state index is 11.7. The molecule has 0 spiro atoms. The Morgan fingerprint density at radius 2 is 2.29 bits per heavy atom. The third kappa shape index (κ3) is 2.45. The summed E-state index contributed by atoms with van der Waals surface area (Å²) in [6.45, 7) is 7.06. The molecule has 0 aromatic heterocycles. The molecule has 82 valence electrons. The summed E-state index contributed by atoms with van der Waals surface area (Å²) in [5, 5.41) is 2.93. The highest BCUT2D eigenvalue weighted by atomic mass is 16.5. The molecule has 4 heteroatoms. The summed E-state index contributed by atoms with van der Waals surface area (Å²) in [6.07, 6.45) is 0.640. The number of hydrogen-bond donors (Lipinski definition) is 2. The minimum Gasteiger partial charge on any atom is -0.379 e. The molecule has 0 radical (unpaired) electrons. The van der Waals surface area contributed by atoms with E-state index in [1.807, 2.05) is 6.92 Å². The van der Waals surface area contributed by atoms with Gasteiger partial charge in [0.25, 0.3) is 0 Å². The molecule has 0 aromatic carbocycles. The van der Waals surface area contributed by atoms with Crippen LogP contribution in [-0.2, 0) is 9.53 Å². The van der Waals surface area contributed by atoms with E-state index >= 15 is 0 Å². The Morgan fingerprint density at radius 3 is 2.71 bits per heavy atom. The zero-order chi connectivity index (χ0) is 10.8. The lowest BCUT2D eigenvalue weighted by atomic mass is 9.97. The maximum absolute atomic E-state index is 11.7. The summed E-state index contributed by atoms with van der Waals surface area (Å²) < 4.78 is 5.26. The first-order valence-electron chi connectivity index (χ1n) is 5.15. The largest absolute Gasteiger partial charge is 0.379 e. The fraction of sp³-hybridized carbons (Fsp3) is 0.900. The maximum Gasteiger partial charge on any atom is 0.240 e. The number of carbonyl (C=O) groups is 1. The normalized spacial score (nSPS) is 31.1. The summed E-state index contributed by atoms with van der Waals surface area (Å²) in [4.78, 5) is 11.7. The molecule has 0 aromatic rings. The van der Waals surface area contributed by atoms with Gasteiger partial charge in [-0.2, -0.15) is 0 Å². The van der Waals surface area contributed by atoms with E-state index in [2.05, 4.69) is 12.2 Å². The van der Waals surface area contributed by atoms with Crippen molar-refractivity contribution in [2.24, 2.45) is 11.7 Å². The first-order valence-corrected chi connectivity index (χ1v) is 5.15. The number of amides is 1. The number of rotatable bonds is 3. The average Bonchev–Trinajstić information content (AvgIpc) is 2.52. The van der Waals surface area contributed by atoms with Crippen molar-refractivity contribution in [3.05, 3.63) is 0 Å². The van der Waals surface area contributed by atoms with Crippen LogP contribution in [0, 0.1) is 5.92 Å². The fourth-order valence-corrected chi connectivity index (χ4v) is 1.34. The van der Waals surface area contributed by atoms with Crippen LogP contribution in [-0.4, -0.2) is 30.7 Å². The number of nitrogens with two attached hydrogens (primary N) is 1. The van der Waals surface area contributed by atoms with E-state index in [-0.39, 0.29) is 11.9 Å². The Balaban J connectivity index is 2.48. The Kier molecular flexibility index (Phi) is 3.50. The highest BCUT2D eigenvalue weighted by Gasteiger charge is 2.32. The predicted octanol–water partition coefficient (Wildman–Crippen LogP) is 0.265. The second kappa shape index (κ2) is 4.28. The van der Waals surface area contributed by atoms with Crippen LogP contribution in [0.15, 0.2) is 0 Å². The van der Waals surface area contributed by atoms with Crippen molar-refractivity contribution >= 4 is 5.91 Å². The van der Waals surface area contributed by atoms with Gasteiger partial charge in [0, 0.05) is 5.92 Å². The van der Waals surface area contributed by atoms with Gasteiger partial charge in [0.15, 0.2) is 0 Å². The van der Waals surface area contributed by atoms with Gasteiger partial charge in [-0.25, -0.2) is 0 Å². The molecule has 3 atom stereocenters. The monoisotopic (exact) mass is 200 g/mol. The summed E-state index contributed by atoms with van der Waals surface area (Å²) in [7, 11) is 0. The third-order valence-electron chi connectivity index (χ3n) is 2.93. The average molecular weight is 200 g/mol. The SMILES string of the molecule is CCC(C)(N)C(=O)NC1COCC1C. The summed E-state index contributed by atoms with van der Waals surface area (Å²) in [6, 6.07) is 0.122. The van der Waals surface area contributed by atoms with Crippen molar-refractivity contribution in [3.8, 4) is 0 Å². The summed E-state index contributed by atoms with van der Waals surface area (Å²) in [5.74, 6) is 0.300. The molecule has 14 heavy (non-hydrogen) atoms. The molecule has 1 heterocycles. The van der Waals surface area contributed by atoms with Gasteiger partial charge < -0.3 is 15.8 Å². The number of hydrogen-bond acceptors (Lipinski definition) is 3. The molecular formula is C10H20N2O2. The molecule has 0 bridgehead atoms. The molecular weight excluding hydrogens is 180 g/mol. The van der Waals surface area contributed by atoms with Crippen molar-refractivity contribution in [1.82, 2.24) is 5.32 Å². The van der Waals surface area contributed by atoms with Gasteiger partial charge in [-0.3, -0.25) is 4.79 Å². The zero-order valence-corrected chi connectivity index (χ0v) is 9.17. The molecule has 4 nitrogen and oxygen atoms in total. The van der Waals surface area contributed by atoms with Crippen LogP contribution in [0.25, 0.3) is 0 Å². The second-order valence-corrected chi connectivity index (χ2v) is 4.37. The molecule has 0 saturated carbocycles. The van der Waals surface area contributed by atoms with Gasteiger partial charge in [0.05, 0.1) is 24.8 Å². The van der Waals surface area contributed by atoms with Gasteiger partial charge in [0.1, 0.15) is 0 Å². The molecule has 1 rings (SSSR count). The van der Waals surface area contributed by atoms with E-state index in [0.29, 0.717) is 18.9 Å². The molecule has 3 unspecified atom stereocenters. The van der Waals surface area contributed by atoms with Gasteiger partial charge >= 0.3 is 0 Å². The van der Waals surface area contributed by atoms with E-state index in [9.17, 15) is 4.79 Å². The molecule has 1 fully saturated rings. The zero-order valence-electron chi connectivity index (χ0n) is 9.17. The highest BCUT2D eigenvalue weighted by molar-refractivity contribution is 5.85. The number of ether oxygens (including phenoxy) is 1. The van der Waals surface area contributed by atoms with Crippen molar-refractivity contribution in [2.75, 3.05) is 13.2 Å². The van der Waals surface area contributed by atoms with Gasteiger partial charge in [0.2, 0.25) is 5.91 Å². The van der Waals surface area contributed by atoms with Crippen LogP contribution in [0.2, 0.25) is 0 Å². The quantitative estimate of drug-likeness (QED) is 0.687.